The largest absolute Gasteiger partial charge is 0.354 e. The fourth-order valence-corrected chi connectivity index (χ4v) is 4.60. The molecule has 0 spiro atoms. The van der Waals surface area contributed by atoms with Crippen molar-refractivity contribution in [2.75, 3.05) is 58.3 Å². The molecule has 2 aromatic rings. The Bertz CT molecular complexity index is 638. The van der Waals surface area contributed by atoms with Gasteiger partial charge in [0.25, 0.3) is 5.91 Å². The zero-order valence-corrected chi connectivity index (χ0v) is 17.7. The molecule has 3 heterocycles. The number of hydrogen-bond acceptors (Lipinski definition) is 7. The molecule has 1 saturated heterocycles. The Kier molecular flexibility index (Phi) is 9.40. The van der Waals surface area contributed by atoms with Gasteiger partial charge in [-0.05, 0) is 19.0 Å². The quantitative estimate of drug-likeness (QED) is 0.695. The van der Waals surface area contributed by atoms with Crippen LogP contribution in [0.1, 0.15) is 16.1 Å². The van der Waals surface area contributed by atoms with E-state index in [2.05, 4.69) is 20.5 Å². The van der Waals surface area contributed by atoms with Crippen LogP contribution in [0.3, 0.4) is 0 Å². The summed E-state index contributed by atoms with van der Waals surface area (Å²) in [6.07, 6.45) is 0.995. The molecule has 2 N–H and O–H groups in total. The number of aromatic nitrogens is 1. The monoisotopic (exact) mass is 425 g/mol. The first-order chi connectivity index (χ1) is 11.1. The molecule has 142 valence electrons. The standard InChI is InChI=1S/C15H23N5OS2.2ClH/c1-19(2)15-18-14-12(23-15)10-11(22-14)13(21)17-4-3-7-20-8-5-16-6-9-20;;/h10,16H,3-9H2,1-2H3,(H,17,21);2*1H. The molecule has 0 unspecified atom stereocenters. The second-order valence-electron chi connectivity index (χ2n) is 5.87. The number of thiazole rings is 1. The van der Waals surface area contributed by atoms with Crippen LogP contribution in [0.25, 0.3) is 9.53 Å². The van der Waals surface area contributed by atoms with E-state index in [4.69, 9.17) is 0 Å². The lowest BCUT2D eigenvalue weighted by molar-refractivity contribution is 0.0955. The van der Waals surface area contributed by atoms with Crippen LogP contribution in [0, 0.1) is 0 Å². The average Bonchev–Trinajstić information content (AvgIpc) is 3.11. The van der Waals surface area contributed by atoms with Gasteiger partial charge in [-0.2, -0.15) is 0 Å². The number of carbonyl (C=O) groups excluding carboxylic acids is 1. The first-order valence-electron chi connectivity index (χ1n) is 7.92. The molecule has 0 aromatic carbocycles. The third kappa shape index (κ3) is 5.94. The molecule has 2 aromatic heterocycles. The molecule has 1 amide bonds. The van der Waals surface area contributed by atoms with E-state index in [1.54, 1.807) is 11.3 Å². The fraction of sp³-hybridized carbons (Fsp3) is 0.600. The summed E-state index contributed by atoms with van der Waals surface area (Å²) in [4.78, 5) is 22.9. The molecule has 1 fully saturated rings. The van der Waals surface area contributed by atoms with Crippen molar-refractivity contribution < 1.29 is 4.79 Å². The van der Waals surface area contributed by atoms with Crippen molar-refractivity contribution in [3.63, 3.8) is 0 Å². The van der Waals surface area contributed by atoms with Gasteiger partial charge in [-0.1, -0.05) is 11.3 Å². The summed E-state index contributed by atoms with van der Waals surface area (Å²) >= 11 is 3.10. The van der Waals surface area contributed by atoms with Gasteiger partial charge >= 0.3 is 0 Å². The van der Waals surface area contributed by atoms with E-state index in [-0.39, 0.29) is 30.7 Å². The Morgan fingerprint density at radius 1 is 1.32 bits per heavy atom. The molecule has 0 bridgehead atoms. The van der Waals surface area contributed by atoms with Crippen molar-refractivity contribution in [1.82, 2.24) is 20.5 Å². The van der Waals surface area contributed by atoms with Crippen LogP contribution in [-0.2, 0) is 0 Å². The Morgan fingerprint density at radius 3 is 2.68 bits per heavy atom. The Morgan fingerprint density at radius 2 is 2.04 bits per heavy atom. The third-order valence-corrected chi connectivity index (χ3v) is 6.16. The summed E-state index contributed by atoms with van der Waals surface area (Å²) in [6, 6.07) is 1.95. The Hall–Kier alpha value is -0.640. The lowest BCUT2D eigenvalue weighted by Gasteiger charge is -2.27. The molecule has 0 saturated carbocycles. The number of amides is 1. The van der Waals surface area contributed by atoms with Crippen molar-refractivity contribution >= 4 is 68.1 Å². The van der Waals surface area contributed by atoms with Gasteiger partial charge in [0.2, 0.25) is 0 Å². The number of rotatable bonds is 6. The van der Waals surface area contributed by atoms with Crippen LogP contribution in [0.15, 0.2) is 6.07 Å². The van der Waals surface area contributed by atoms with Gasteiger partial charge in [0.1, 0.15) is 4.83 Å². The van der Waals surface area contributed by atoms with E-state index in [0.29, 0.717) is 0 Å². The Balaban J connectivity index is 0.00000156. The highest BCUT2D eigenvalue weighted by molar-refractivity contribution is 7.29. The summed E-state index contributed by atoms with van der Waals surface area (Å²) < 4.78 is 1.09. The number of piperazine rings is 1. The smallest absolute Gasteiger partial charge is 0.261 e. The average molecular weight is 426 g/mol. The minimum Gasteiger partial charge on any atom is -0.354 e. The molecule has 1 aliphatic heterocycles. The van der Waals surface area contributed by atoms with Gasteiger partial charge in [0.15, 0.2) is 5.13 Å². The van der Waals surface area contributed by atoms with E-state index in [1.165, 1.54) is 11.3 Å². The summed E-state index contributed by atoms with van der Waals surface area (Å²) in [7, 11) is 3.96. The second kappa shape index (κ2) is 10.5. The van der Waals surface area contributed by atoms with Crippen LogP contribution in [0.5, 0.6) is 0 Å². The predicted molar refractivity (Wildman–Crippen MR) is 113 cm³/mol. The topological polar surface area (TPSA) is 60.5 Å². The molecular weight excluding hydrogens is 401 g/mol. The zero-order chi connectivity index (χ0) is 16.2. The molecule has 25 heavy (non-hydrogen) atoms. The summed E-state index contributed by atoms with van der Waals surface area (Å²) in [5.74, 6) is 0.0203. The van der Waals surface area contributed by atoms with E-state index >= 15 is 0 Å². The van der Waals surface area contributed by atoms with Crippen LogP contribution in [0.2, 0.25) is 0 Å². The maximum atomic E-state index is 12.2. The minimum atomic E-state index is 0. The van der Waals surface area contributed by atoms with Gasteiger partial charge in [0.05, 0.1) is 9.58 Å². The highest BCUT2D eigenvalue weighted by Crippen LogP contribution is 2.33. The predicted octanol–water partition coefficient (Wildman–Crippen LogP) is 2.29. The summed E-state index contributed by atoms with van der Waals surface area (Å²) in [6.45, 7) is 6.13. The lowest BCUT2D eigenvalue weighted by atomic mass is 10.3. The number of hydrogen-bond donors (Lipinski definition) is 2. The number of carbonyl (C=O) groups is 1. The van der Waals surface area contributed by atoms with Crippen LogP contribution >= 0.6 is 47.5 Å². The van der Waals surface area contributed by atoms with Crippen molar-refractivity contribution in [3.8, 4) is 0 Å². The van der Waals surface area contributed by atoms with E-state index < -0.39 is 0 Å². The molecule has 0 aliphatic carbocycles. The first kappa shape index (κ1) is 22.4. The van der Waals surface area contributed by atoms with Gasteiger partial charge in [0, 0.05) is 46.8 Å². The normalized spacial score (nSPS) is 14.6. The molecular formula is C15H25Cl2N5OS2. The van der Waals surface area contributed by atoms with Gasteiger partial charge in [-0.15, -0.1) is 36.2 Å². The number of anilines is 1. The van der Waals surface area contributed by atoms with Gasteiger partial charge in [-0.3, -0.25) is 4.79 Å². The molecule has 6 nitrogen and oxygen atoms in total. The number of fused-ring (bicyclic) bond motifs is 1. The maximum absolute atomic E-state index is 12.2. The van der Waals surface area contributed by atoms with Gasteiger partial charge < -0.3 is 20.4 Å². The number of thiophene rings is 1. The molecule has 0 atom stereocenters. The second-order valence-corrected chi connectivity index (χ2v) is 7.91. The molecule has 1 aliphatic rings. The van der Waals surface area contributed by atoms with Crippen molar-refractivity contribution in [2.24, 2.45) is 0 Å². The van der Waals surface area contributed by atoms with Crippen molar-refractivity contribution in [1.29, 1.82) is 0 Å². The molecule has 10 heteroatoms. The lowest BCUT2D eigenvalue weighted by Crippen LogP contribution is -2.44. The number of halogens is 2. The van der Waals surface area contributed by atoms with Crippen LogP contribution < -0.4 is 15.5 Å². The molecule has 3 rings (SSSR count). The minimum absolute atomic E-state index is 0. The summed E-state index contributed by atoms with van der Waals surface area (Å²) in [5, 5.41) is 7.35. The first-order valence-corrected chi connectivity index (χ1v) is 9.56. The Labute approximate surface area is 168 Å². The molecule has 0 radical (unpaired) electrons. The van der Waals surface area contributed by atoms with Gasteiger partial charge in [-0.25, -0.2) is 4.98 Å². The third-order valence-electron chi connectivity index (χ3n) is 3.83. The van der Waals surface area contributed by atoms with Crippen LogP contribution in [-0.4, -0.2) is 69.2 Å². The summed E-state index contributed by atoms with van der Waals surface area (Å²) in [5.41, 5.74) is 0. The van der Waals surface area contributed by atoms with E-state index in [1.807, 2.05) is 25.1 Å². The van der Waals surface area contributed by atoms with Crippen LogP contribution in [0.4, 0.5) is 5.13 Å². The zero-order valence-electron chi connectivity index (χ0n) is 14.4. The highest BCUT2D eigenvalue weighted by Gasteiger charge is 2.14. The number of nitrogens with one attached hydrogen (secondary N) is 2. The number of nitrogens with zero attached hydrogens (tertiary/aromatic N) is 3. The van der Waals surface area contributed by atoms with Crippen molar-refractivity contribution in [3.05, 3.63) is 10.9 Å². The van der Waals surface area contributed by atoms with E-state index in [9.17, 15) is 4.79 Å². The maximum Gasteiger partial charge on any atom is 0.261 e. The fourth-order valence-electron chi connectivity index (χ4n) is 2.55. The highest BCUT2D eigenvalue weighted by atomic mass is 35.5. The van der Waals surface area contributed by atoms with Crippen molar-refractivity contribution in [2.45, 2.75) is 6.42 Å². The SMILES string of the molecule is CN(C)c1nc2sc(C(=O)NCCCN3CCNCC3)cc2s1.Cl.Cl. The van der Waals surface area contributed by atoms with E-state index in [0.717, 1.165) is 65.2 Å².